The molecule has 1 saturated carbocycles. The molecule has 0 aromatic carbocycles. The highest BCUT2D eigenvalue weighted by Crippen LogP contribution is 2.35. The zero-order valence-corrected chi connectivity index (χ0v) is 19.1. The molecule has 7 fully saturated rings. The molecule has 6 atom stereocenters. The highest BCUT2D eigenvalue weighted by Gasteiger charge is 2.39. The summed E-state index contributed by atoms with van der Waals surface area (Å²) in [6.45, 7) is 14.5. The number of hydrogen-bond acceptors (Lipinski definition) is 6. The number of hydrogen-bond donors (Lipinski definition) is 0. The van der Waals surface area contributed by atoms with Crippen LogP contribution in [-0.2, 0) is 28.4 Å². The Morgan fingerprint density at radius 3 is 1.03 bits per heavy atom. The van der Waals surface area contributed by atoms with Crippen molar-refractivity contribution in [3.05, 3.63) is 0 Å². The SMILES string of the molecule is C1CCC2OC2C1.C1CO1.CC1CO1.CCC1CO1.CCC1CO1.CCC1CO1. The third-order valence-electron chi connectivity index (χ3n) is 5.19. The maximum Gasteiger partial charge on any atom is 0.0841 e. The fraction of sp³-hybridized carbons (Fsp3) is 1.00. The molecule has 0 spiro atoms. The number of epoxide rings is 6. The van der Waals surface area contributed by atoms with E-state index >= 15 is 0 Å². The molecule has 0 aromatic heterocycles. The van der Waals surface area contributed by atoms with Gasteiger partial charge in [0, 0.05) is 0 Å². The topological polar surface area (TPSA) is 75.2 Å². The standard InChI is InChI=1S/C6H10O.3C4H8O.C3H6O.C2H4O/c1-2-4-6-5(3-1)7-6;3*1-2-4-3-5-4;1-3-2-4-3;1-2-3-1/h5-6H,1-4H2;3*4H,2-3H2,1H3;3H,2H2,1H3;1-2H2. The first-order chi connectivity index (χ1) is 14.2. The van der Waals surface area contributed by atoms with E-state index in [2.05, 4.69) is 32.4 Å². The lowest BCUT2D eigenvalue weighted by atomic mass is 10.0. The summed E-state index contributed by atoms with van der Waals surface area (Å²) in [4.78, 5) is 0. The van der Waals surface area contributed by atoms with Crippen LogP contribution in [0.15, 0.2) is 0 Å². The molecule has 6 nitrogen and oxygen atoms in total. The van der Waals surface area contributed by atoms with Gasteiger partial charge in [0.15, 0.2) is 0 Å². The molecule has 6 heteroatoms. The lowest BCUT2D eigenvalue weighted by molar-refractivity contribution is 0.373. The maximum atomic E-state index is 5.28. The molecule has 6 unspecified atom stereocenters. The number of fused-ring (bicyclic) bond motifs is 1. The second-order valence-corrected chi connectivity index (χ2v) is 8.34. The Bertz CT molecular complexity index is 348. The molecule has 0 aromatic rings. The Labute approximate surface area is 177 Å². The third-order valence-corrected chi connectivity index (χ3v) is 5.19. The van der Waals surface area contributed by atoms with E-state index in [1.807, 2.05) is 0 Å². The first-order valence-corrected chi connectivity index (χ1v) is 11.9. The Morgan fingerprint density at radius 2 is 0.931 bits per heavy atom. The van der Waals surface area contributed by atoms with Crippen LogP contribution in [0.3, 0.4) is 0 Å². The first kappa shape index (κ1) is 25.0. The maximum absolute atomic E-state index is 5.28. The molecule has 7 rings (SSSR count). The van der Waals surface area contributed by atoms with Crippen molar-refractivity contribution >= 4 is 0 Å². The second-order valence-electron chi connectivity index (χ2n) is 8.34. The Morgan fingerprint density at radius 1 is 0.621 bits per heavy atom. The van der Waals surface area contributed by atoms with E-state index in [0.717, 1.165) is 39.6 Å². The molecular weight excluding hydrogens is 372 g/mol. The van der Waals surface area contributed by atoms with Gasteiger partial charge in [-0.3, -0.25) is 0 Å². The molecule has 172 valence electrons. The summed E-state index contributed by atoms with van der Waals surface area (Å²) in [5.41, 5.74) is 0. The fourth-order valence-electron chi connectivity index (χ4n) is 2.39. The molecule has 7 aliphatic rings. The molecule has 0 amide bonds. The molecule has 6 saturated heterocycles. The van der Waals surface area contributed by atoms with Gasteiger partial charge in [0.25, 0.3) is 0 Å². The summed E-state index contributed by atoms with van der Waals surface area (Å²) in [6, 6.07) is 0. The van der Waals surface area contributed by atoms with E-state index in [0.29, 0.717) is 36.6 Å². The van der Waals surface area contributed by atoms with Crippen molar-refractivity contribution in [3.63, 3.8) is 0 Å². The summed E-state index contributed by atoms with van der Waals surface area (Å²) < 4.78 is 29.1. The van der Waals surface area contributed by atoms with Gasteiger partial charge < -0.3 is 28.4 Å². The Kier molecular flexibility index (Phi) is 12.7. The second kappa shape index (κ2) is 14.7. The largest absolute Gasteiger partial charge is 0.377 e. The van der Waals surface area contributed by atoms with Crippen molar-refractivity contribution in [2.24, 2.45) is 0 Å². The van der Waals surface area contributed by atoms with Gasteiger partial charge in [0.1, 0.15) is 0 Å². The van der Waals surface area contributed by atoms with Crippen LogP contribution in [0.25, 0.3) is 0 Å². The van der Waals surface area contributed by atoms with Crippen LogP contribution in [0.5, 0.6) is 0 Å². The lowest BCUT2D eigenvalue weighted by Gasteiger charge is -2.00. The van der Waals surface area contributed by atoms with Crippen molar-refractivity contribution in [3.8, 4) is 0 Å². The van der Waals surface area contributed by atoms with Crippen molar-refractivity contribution in [2.45, 2.75) is 109 Å². The molecule has 1 aliphatic carbocycles. The molecule has 6 aliphatic heterocycles. The van der Waals surface area contributed by atoms with Crippen LogP contribution >= 0.6 is 0 Å². The average molecular weight is 417 g/mol. The van der Waals surface area contributed by atoms with Gasteiger partial charge in [-0.1, -0.05) is 33.6 Å². The number of ether oxygens (including phenoxy) is 6. The van der Waals surface area contributed by atoms with Crippen molar-refractivity contribution < 1.29 is 28.4 Å². The molecule has 0 bridgehead atoms. The van der Waals surface area contributed by atoms with Gasteiger partial charge in [-0.2, -0.15) is 0 Å². The lowest BCUT2D eigenvalue weighted by Crippen LogP contribution is -2.00. The van der Waals surface area contributed by atoms with E-state index in [9.17, 15) is 0 Å². The van der Waals surface area contributed by atoms with E-state index in [1.54, 1.807) is 0 Å². The summed E-state index contributed by atoms with van der Waals surface area (Å²) >= 11 is 0. The minimum Gasteiger partial charge on any atom is -0.377 e. The minimum absolute atomic E-state index is 0.583. The monoisotopic (exact) mass is 416 g/mol. The first-order valence-electron chi connectivity index (χ1n) is 11.9. The van der Waals surface area contributed by atoms with Crippen LogP contribution in [0, 0.1) is 0 Å². The highest BCUT2D eigenvalue weighted by molar-refractivity contribution is 4.87. The molecule has 0 radical (unpaired) electrons. The Balaban J connectivity index is 0.000000126. The zero-order valence-electron chi connectivity index (χ0n) is 19.1. The average Bonchev–Trinajstić information content (AvgIpc) is 3.58. The fourth-order valence-corrected chi connectivity index (χ4v) is 2.39. The Hall–Kier alpha value is -0.240. The van der Waals surface area contributed by atoms with Gasteiger partial charge in [-0.05, 0) is 39.0 Å². The van der Waals surface area contributed by atoms with E-state index in [4.69, 9.17) is 23.7 Å². The van der Waals surface area contributed by atoms with Gasteiger partial charge in [-0.25, -0.2) is 0 Å². The van der Waals surface area contributed by atoms with Gasteiger partial charge in [0.05, 0.1) is 76.3 Å². The van der Waals surface area contributed by atoms with Crippen LogP contribution in [-0.4, -0.2) is 76.3 Å². The van der Waals surface area contributed by atoms with Crippen LogP contribution < -0.4 is 0 Å². The van der Waals surface area contributed by atoms with Gasteiger partial charge in [-0.15, -0.1) is 0 Å². The summed E-state index contributed by atoms with van der Waals surface area (Å²) in [6.07, 6.45) is 13.0. The van der Waals surface area contributed by atoms with E-state index < -0.39 is 0 Å². The minimum atomic E-state index is 0.583. The molecular formula is C23H44O6. The van der Waals surface area contributed by atoms with Crippen LogP contribution in [0.2, 0.25) is 0 Å². The zero-order chi connectivity index (χ0) is 20.9. The number of rotatable bonds is 3. The van der Waals surface area contributed by atoms with Crippen molar-refractivity contribution in [1.82, 2.24) is 0 Å². The molecule has 29 heavy (non-hydrogen) atoms. The summed E-state index contributed by atoms with van der Waals surface area (Å²) in [5.74, 6) is 0. The predicted octanol–water partition coefficient (Wildman–Crippen LogP) is 4.14. The summed E-state index contributed by atoms with van der Waals surface area (Å²) in [7, 11) is 0. The van der Waals surface area contributed by atoms with E-state index in [1.165, 1.54) is 44.9 Å². The van der Waals surface area contributed by atoms with Crippen LogP contribution in [0.1, 0.15) is 72.6 Å². The van der Waals surface area contributed by atoms with Crippen molar-refractivity contribution in [2.75, 3.05) is 39.6 Å². The van der Waals surface area contributed by atoms with E-state index in [-0.39, 0.29) is 0 Å². The third kappa shape index (κ3) is 18.3. The summed E-state index contributed by atoms with van der Waals surface area (Å²) in [5, 5.41) is 0. The molecule has 6 heterocycles. The highest BCUT2D eigenvalue weighted by atomic mass is 16.6. The quantitative estimate of drug-likeness (QED) is 0.644. The predicted molar refractivity (Wildman–Crippen MR) is 113 cm³/mol. The van der Waals surface area contributed by atoms with Gasteiger partial charge in [0.2, 0.25) is 0 Å². The molecule has 0 N–H and O–H groups in total. The van der Waals surface area contributed by atoms with Crippen molar-refractivity contribution in [1.29, 1.82) is 0 Å². The normalized spacial score (nSPS) is 37.2. The van der Waals surface area contributed by atoms with Gasteiger partial charge >= 0.3 is 0 Å². The van der Waals surface area contributed by atoms with Crippen LogP contribution in [0.4, 0.5) is 0 Å². The smallest absolute Gasteiger partial charge is 0.0841 e.